The second-order valence-corrected chi connectivity index (χ2v) is 11.3. The van der Waals surface area contributed by atoms with Gasteiger partial charge in [0.1, 0.15) is 5.28 Å². The normalized spacial score (nSPS) is 15.0. The molecule has 0 unspecified atom stereocenters. The summed E-state index contributed by atoms with van der Waals surface area (Å²) in [5.41, 5.74) is 2.17. The largest absolute Gasteiger partial charge is 0.311 e. The van der Waals surface area contributed by atoms with Gasteiger partial charge in [-0.1, -0.05) is 121 Å². The fraction of sp³-hybridized carbons (Fsp3) is 0.172. The highest BCUT2D eigenvalue weighted by molar-refractivity contribution is 7.79. The van der Waals surface area contributed by atoms with Gasteiger partial charge in [0.25, 0.3) is 0 Å². The van der Waals surface area contributed by atoms with Gasteiger partial charge >= 0.3 is 0 Å². The minimum atomic E-state index is -3.23. The van der Waals surface area contributed by atoms with Crippen LogP contribution in [0.15, 0.2) is 121 Å². The van der Waals surface area contributed by atoms with Crippen LogP contribution in [-0.2, 0) is 9.85 Å². The fourth-order valence-electron chi connectivity index (χ4n) is 5.28. The summed E-state index contributed by atoms with van der Waals surface area (Å²) >= 11 is 0. The summed E-state index contributed by atoms with van der Waals surface area (Å²) in [5.74, 6) is 0. The van der Waals surface area contributed by atoms with Crippen LogP contribution >= 0.6 is 7.14 Å². The third-order valence-electron chi connectivity index (χ3n) is 6.61. The van der Waals surface area contributed by atoms with Gasteiger partial charge in [0.15, 0.2) is 7.14 Å². The van der Waals surface area contributed by atoms with Gasteiger partial charge in [0, 0.05) is 10.6 Å². The SMILES string of the molecule is O=P(c1ccccc1)(c1ccccc1)C(c1ccccc1)(c1ccccc1)N1CCCC1. The first-order valence-corrected chi connectivity index (χ1v) is 13.1. The molecule has 1 aliphatic heterocycles. The number of rotatable bonds is 6. The first-order chi connectivity index (χ1) is 15.8. The molecule has 4 aromatic rings. The van der Waals surface area contributed by atoms with E-state index in [0.29, 0.717) is 0 Å². The predicted molar refractivity (Wildman–Crippen MR) is 134 cm³/mol. The molecule has 4 aromatic carbocycles. The van der Waals surface area contributed by atoms with Crippen molar-refractivity contribution in [1.82, 2.24) is 4.90 Å². The van der Waals surface area contributed by atoms with Gasteiger partial charge in [-0.15, -0.1) is 0 Å². The maximum absolute atomic E-state index is 16.0. The van der Waals surface area contributed by atoms with Gasteiger partial charge in [0.2, 0.25) is 0 Å². The van der Waals surface area contributed by atoms with E-state index in [-0.39, 0.29) is 0 Å². The molecule has 0 radical (unpaired) electrons. The van der Waals surface area contributed by atoms with E-state index in [0.717, 1.165) is 47.7 Å². The predicted octanol–water partition coefficient (Wildman–Crippen LogP) is 6.00. The number of benzene rings is 4. The fourth-order valence-corrected chi connectivity index (χ4v) is 9.13. The molecule has 1 fully saturated rings. The van der Waals surface area contributed by atoms with Crippen LogP contribution in [0.5, 0.6) is 0 Å². The van der Waals surface area contributed by atoms with E-state index in [4.69, 9.17) is 0 Å². The smallest absolute Gasteiger partial charge is 0.171 e. The Labute approximate surface area is 190 Å². The average Bonchev–Trinajstić information content (AvgIpc) is 3.42. The van der Waals surface area contributed by atoms with Crippen molar-refractivity contribution in [3.05, 3.63) is 132 Å². The van der Waals surface area contributed by atoms with Crippen molar-refractivity contribution >= 4 is 17.8 Å². The van der Waals surface area contributed by atoms with E-state index in [2.05, 4.69) is 53.4 Å². The molecule has 5 rings (SSSR count). The highest BCUT2D eigenvalue weighted by Crippen LogP contribution is 2.66. The number of nitrogens with zero attached hydrogens (tertiary/aromatic N) is 1. The van der Waals surface area contributed by atoms with Crippen molar-refractivity contribution < 1.29 is 4.57 Å². The molecule has 0 atom stereocenters. The first-order valence-electron chi connectivity index (χ1n) is 11.4. The van der Waals surface area contributed by atoms with E-state index in [9.17, 15) is 0 Å². The molecule has 1 heterocycles. The summed E-state index contributed by atoms with van der Waals surface area (Å²) in [7, 11) is -3.23. The van der Waals surface area contributed by atoms with Gasteiger partial charge in [-0.05, 0) is 37.1 Å². The van der Waals surface area contributed by atoms with Crippen LogP contribution in [0.3, 0.4) is 0 Å². The second kappa shape index (κ2) is 8.90. The molecular weight excluding hydrogens is 409 g/mol. The van der Waals surface area contributed by atoms with E-state index in [1.807, 2.05) is 72.8 Å². The molecule has 32 heavy (non-hydrogen) atoms. The number of hydrogen-bond donors (Lipinski definition) is 0. The van der Waals surface area contributed by atoms with Gasteiger partial charge in [-0.2, -0.15) is 0 Å². The van der Waals surface area contributed by atoms with E-state index >= 15 is 4.57 Å². The summed E-state index contributed by atoms with van der Waals surface area (Å²) in [6.07, 6.45) is 2.23. The van der Waals surface area contributed by atoms with E-state index in [1.54, 1.807) is 0 Å². The summed E-state index contributed by atoms with van der Waals surface area (Å²) in [5, 5.41) is 1.01. The minimum absolute atomic E-state index is 0.783. The zero-order valence-electron chi connectivity index (χ0n) is 18.2. The molecule has 0 N–H and O–H groups in total. The lowest BCUT2D eigenvalue weighted by Crippen LogP contribution is -2.49. The van der Waals surface area contributed by atoms with Gasteiger partial charge in [-0.3, -0.25) is 4.90 Å². The highest BCUT2D eigenvalue weighted by Gasteiger charge is 2.56. The van der Waals surface area contributed by atoms with Crippen molar-refractivity contribution in [3.8, 4) is 0 Å². The zero-order valence-corrected chi connectivity index (χ0v) is 19.1. The van der Waals surface area contributed by atoms with Crippen LogP contribution in [0.4, 0.5) is 0 Å². The maximum atomic E-state index is 16.0. The Bertz CT molecular complexity index is 1100. The lowest BCUT2D eigenvalue weighted by atomic mass is 9.96. The zero-order chi connectivity index (χ0) is 21.9. The van der Waals surface area contributed by atoms with Crippen LogP contribution in [0.2, 0.25) is 0 Å². The molecule has 0 saturated carbocycles. The molecule has 1 aliphatic rings. The third-order valence-corrected chi connectivity index (χ3v) is 10.4. The Balaban J connectivity index is 1.95. The minimum Gasteiger partial charge on any atom is -0.311 e. The van der Waals surface area contributed by atoms with Crippen LogP contribution in [0.25, 0.3) is 0 Å². The van der Waals surface area contributed by atoms with Gasteiger partial charge in [-0.25, -0.2) is 0 Å². The molecule has 1 saturated heterocycles. The standard InChI is InChI=1S/C29H28NOP/c31-32(27-19-9-3-10-20-27,28-21-11-4-12-22-28)29(30-23-13-14-24-30,25-15-5-1-6-16-25)26-17-7-2-8-18-26/h1-12,15-22H,13-14,23-24H2. The average molecular weight is 438 g/mol. The van der Waals surface area contributed by atoms with Crippen molar-refractivity contribution in [3.63, 3.8) is 0 Å². The third kappa shape index (κ3) is 3.26. The van der Waals surface area contributed by atoms with E-state index in [1.165, 1.54) is 0 Å². The summed E-state index contributed by atoms with van der Waals surface area (Å²) < 4.78 is 16.0. The lowest BCUT2D eigenvalue weighted by molar-refractivity contribution is 0.236. The summed E-state index contributed by atoms with van der Waals surface area (Å²) in [4.78, 5) is 2.48. The molecule has 3 heteroatoms. The molecule has 0 amide bonds. The Morgan fingerprint density at radius 3 is 1.25 bits per heavy atom. The number of hydrogen-bond acceptors (Lipinski definition) is 2. The Morgan fingerprint density at radius 2 is 0.875 bits per heavy atom. The van der Waals surface area contributed by atoms with Crippen molar-refractivity contribution in [1.29, 1.82) is 0 Å². The molecule has 0 aliphatic carbocycles. The van der Waals surface area contributed by atoms with E-state index < -0.39 is 12.4 Å². The summed E-state index contributed by atoms with van der Waals surface area (Å²) in [6.45, 7) is 1.85. The highest BCUT2D eigenvalue weighted by atomic mass is 31.2. The van der Waals surface area contributed by atoms with Crippen molar-refractivity contribution in [2.24, 2.45) is 0 Å². The molecule has 0 aromatic heterocycles. The molecular formula is C29H28NOP. The molecule has 2 nitrogen and oxygen atoms in total. The Kier molecular flexibility index (Phi) is 5.83. The van der Waals surface area contributed by atoms with Crippen molar-refractivity contribution in [2.45, 2.75) is 18.1 Å². The first kappa shape index (κ1) is 20.9. The topological polar surface area (TPSA) is 20.3 Å². The molecule has 160 valence electrons. The van der Waals surface area contributed by atoms with Crippen LogP contribution in [0, 0.1) is 0 Å². The van der Waals surface area contributed by atoms with Crippen LogP contribution in [0.1, 0.15) is 24.0 Å². The lowest BCUT2D eigenvalue weighted by Gasteiger charge is -2.48. The van der Waals surface area contributed by atoms with Gasteiger partial charge in [0.05, 0.1) is 0 Å². The van der Waals surface area contributed by atoms with Crippen molar-refractivity contribution in [2.75, 3.05) is 13.1 Å². The summed E-state index contributed by atoms with van der Waals surface area (Å²) in [6, 6.07) is 41.2. The monoisotopic (exact) mass is 437 g/mol. The quantitative estimate of drug-likeness (QED) is 0.345. The second-order valence-electron chi connectivity index (χ2n) is 8.38. The number of likely N-dealkylation sites (tertiary alicyclic amines) is 1. The van der Waals surface area contributed by atoms with Gasteiger partial charge < -0.3 is 4.57 Å². The van der Waals surface area contributed by atoms with Crippen LogP contribution < -0.4 is 10.6 Å². The molecule has 0 spiro atoms. The molecule has 0 bridgehead atoms. The van der Waals surface area contributed by atoms with Crippen LogP contribution in [-0.4, -0.2) is 18.0 Å². The maximum Gasteiger partial charge on any atom is 0.171 e. The Hall–Kier alpha value is -2.93. The Morgan fingerprint density at radius 1 is 0.531 bits per heavy atom.